The Morgan fingerprint density at radius 1 is 1.17 bits per heavy atom. The predicted octanol–water partition coefficient (Wildman–Crippen LogP) is 4.00. The minimum absolute atomic E-state index is 0.392. The highest BCUT2D eigenvalue weighted by Crippen LogP contribution is 2.35. The first kappa shape index (κ1) is 17.7. The van der Waals surface area contributed by atoms with Gasteiger partial charge in [-0.05, 0) is 36.6 Å². The smallest absolute Gasteiger partial charge is 0.344 e. The maximum Gasteiger partial charge on any atom is 0.344 e. The maximum atomic E-state index is 13.1. The summed E-state index contributed by atoms with van der Waals surface area (Å²) >= 11 is 1.56. The SMILES string of the molecule is Cc1nn(C)c2nc(-c3cccs3)cc(C(=O)Oc3ccc4c(c3)OCCO4)c12. The van der Waals surface area contributed by atoms with Crippen LogP contribution in [0.1, 0.15) is 16.1 Å². The number of aryl methyl sites for hydroxylation is 2. The Hall–Kier alpha value is -3.39. The number of aromatic nitrogens is 3. The van der Waals surface area contributed by atoms with E-state index in [1.54, 1.807) is 40.3 Å². The topological polar surface area (TPSA) is 75.5 Å². The van der Waals surface area contributed by atoms with E-state index in [0.717, 1.165) is 10.6 Å². The van der Waals surface area contributed by atoms with Gasteiger partial charge in [0.1, 0.15) is 19.0 Å². The van der Waals surface area contributed by atoms with Gasteiger partial charge >= 0.3 is 5.97 Å². The van der Waals surface area contributed by atoms with E-state index < -0.39 is 5.97 Å². The lowest BCUT2D eigenvalue weighted by Gasteiger charge is -2.18. The fraction of sp³-hybridized carbons (Fsp3) is 0.190. The first-order chi connectivity index (χ1) is 14.1. The lowest BCUT2D eigenvalue weighted by atomic mass is 10.1. The van der Waals surface area contributed by atoms with E-state index in [2.05, 4.69) is 5.10 Å². The van der Waals surface area contributed by atoms with E-state index in [-0.39, 0.29) is 0 Å². The summed E-state index contributed by atoms with van der Waals surface area (Å²) in [5, 5.41) is 7.10. The van der Waals surface area contributed by atoms with Crippen molar-refractivity contribution in [2.45, 2.75) is 6.92 Å². The van der Waals surface area contributed by atoms with Gasteiger partial charge in [0.15, 0.2) is 17.1 Å². The van der Waals surface area contributed by atoms with Gasteiger partial charge in [-0.3, -0.25) is 4.68 Å². The summed E-state index contributed by atoms with van der Waals surface area (Å²) in [6.07, 6.45) is 0. The Bertz CT molecular complexity index is 1230. The molecule has 7 nitrogen and oxygen atoms in total. The van der Waals surface area contributed by atoms with Crippen LogP contribution in [0.4, 0.5) is 0 Å². The van der Waals surface area contributed by atoms with Gasteiger partial charge in [0, 0.05) is 13.1 Å². The van der Waals surface area contributed by atoms with Crippen molar-refractivity contribution in [2.75, 3.05) is 13.2 Å². The third-order valence-corrected chi connectivity index (χ3v) is 5.58. The lowest BCUT2D eigenvalue weighted by molar-refractivity contribution is 0.0735. The van der Waals surface area contributed by atoms with Gasteiger partial charge < -0.3 is 14.2 Å². The van der Waals surface area contributed by atoms with Crippen molar-refractivity contribution in [2.24, 2.45) is 7.05 Å². The maximum absolute atomic E-state index is 13.1. The molecule has 0 saturated carbocycles. The molecule has 4 aromatic rings. The highest BCUT2D eigenvalue weighted by Gasteiger charge is 2.22. The average molecular weight is 407 g/mol. The second kappa shape index (κ2) is 6.89. The molecule has 1 aliphatic rings. The first-order valence-electron chi connectivity index (χ1n) is 9.10. The highest BCUT2D eigenvalue weighted by molar-refractivity contribution is 7.13. The standard InChI is InChI=1S/C21H17N3O4S/c1-12-19-14(11-15(18-4-3-9-29-18)22-20(19)24(2)23-12)21(25)28-13-5-6-16-17(10-13)27-8-7-26-16/h3-6,9-11H,7-8H2,1-2H3. The fourth-order valence-corrected chi connectivity index (χ4v) is 4.09. The van der Waals surface area contributed by atoms with Gasteiger partial charge in [0.05, 0.1) is 27.2 Å². The zero-order chi connectivity index (χ0) is 20.0. The van der Waals surface area contributed by atoms with Crippen molar-refractivity contribution in [1.29, 1.82) is 0 Å². The quantitative estimate of drug-likeness (QED) is 0.378. The van der Waals surface area contributed by atoms with Gasteiger partial charge in [-0.2, -0.15) is 5.10 Å². The molecule has 146 valence electrons. The number of thiophene rings is 1. The molecule has 0 fully saturated rings. The highest BCUT2D eigenvalue weighted by atomic mass is 32.1. The molecule has 0 unspecified atom stereocenters. The zero-order valence-corrected chi connectivity index (χ0v) is 16.7. The monoisotopic (exact) mass is 407 g/mol. The third kappa shape index (κ3) is 3.11. The molecule has 5 rings (SSSR count). The second-order valence-electron chi connectivity index (χ2n) is 6.63. The summed E-state index contributed by atoms with van der Waals surface area (Å²) in [6.45, 7) is 2.83. The minimum atomic E-state index is -0.469. The van der Waals surface area contributed by atoms with E-state index in [1.165, 1.54) is 0 Å². The molecule has 0 amide bonds. The average Bonchev–Trinajstić information content (AvgIpc) is 3.36. The molecule has 1 aromatic carbocycles. The van der Waals surface area contributed by atoms with Crippen LogP contribution in [-0.4, -0.2) is 33.9 Å². The van der Waals surface area contributed by atoms with Crippen LogP contribution in [0, 0.1) is 6.92 Å². The Labute approximate surface area is 170 Å². The molecule has 3 aromatic heterocycles. The van der Waals surface area contributed by atoms with Crippen molar-refractivity contribution in [3.63, 3.8) is 0 Å². The Morgan fingerprint density at radius 2 is 2.00 bits per heavy atom. The van der Waals surface area contributed by atoms with Crippen LogP contribution in [-0.2, 0) is 7.05 Å². The molecule has 0 spiro atoms. The number of pyridine rings is 1. The number of ether oxygens (including phenoxy) is 3. The van der Waals surface area contributed by atoms with Gasteiger partial charge in [0.2, 0.25) is 0 Å². The second-order valence-corrected chi connectivity index (χ2v) is 7.58. The Balaban J connectivity index is 1.57. The van der Waals surface area contributed by atoms with Crippen molar-refractivity contribution < 1.29 is 19.0 Å². The fourth-order valence-electron chi connectivity index (χ4n) is 3.41. The van der Waals surface area contributed by atoms with Crippen LogP contribution in [0.3, 0.4) is 0 Å². The molecule has 8 heteroatoms. The molecule has 0 radical (unpaired) electrons. The van der Waals surface area contributed by atoms with Crippen molar-refractivity contribution >= 4 is 28.3 Å². The third-order valence-electron chi connectivity index (χ3n) is 4.69. The van der Waals surface area contributed by atoms with Crippen molar-refractivity contribution in [3.8, 4) is 27.8 Å². The first-order valence-corrected chi connectivity index (χ1v) is 9.98. The number of carbonyl (C=O) groups is 1. The summed E-state index contributed by atoms with van der Waals surface area (Å²) < 4.78 is 18.5. The largest absolute Gasteiger partial charge is 0.486 e. The van der Waals surface area contributed by atoms with E-state index in [0.29, 0.717) is 52.8 Å². The molecular formula is C21H17N3O4S. The number of fused-ring (bicyclic) bond motifs is 2. The molecule has 0 aliphatic carbocycles. The number of benzene rings is 1. The van der Waals surface area contributed by atoms with Crippen LogP contribution in [0.25, 0.3) is 21.6 Å². The molecule has 0 saturated heterocycles. The summed E-state index contributed by atoms with van der Waals surface area (Å²) in [7, 11) is 1.82. The van der Waals surface area contributed by atoms with E-state index in [9.17, 15) is 4.79 Å². The summed E-state index contributed by atoms with van der Waals surface area (Å²) in [5.74, 6) is 1.13. The van der Waals surface area contributed by atoms with Gasteiger partial charge in [-0.1, -0.05) is 6.07 Å². The minimum Gasteiger partial charge on any atom is -0.486 e. The molecule has 1 aliphatic heterocycles. The summed E-state index contributed by atoms with van der Waals surface area (Å²) in [4.78, 5) is 18.8. The summed E-state index contributed by atoms with van der Waals surface area (Å²) in [5.41, 5.74) is 2.51. The Morgan fingerprint density at radius 3 is 2.79 bits per heavy atom. The predicted molar refractivity (Wildman–Crippen MR) is 109 cm³/mol. The van der Waals surface area contributed by atoms with Crippen LogP contribution in [0.5, 0.6) is 17.2 Å². The van der Waals surface area contributed by atoms with E-state index >= 15 is 0 Å². The van der Waals surface area contributed by atoms with Crippen LogP contribution in [0.15, 0.2) is 41.8 Å². The molecule has 29 heavy (non-hydrogen) atoms. The number of carbonyl (C=O) groups excluding carboxylic acids is 1. The number of hydrogen-bond acceptors (Lipinski definition) is 7. The number of nitrogens with zero attached hydrogens (tertiary/aromatic N) is 3. The molecule has 0 atom stereocenters. The normalized spacial score (nSPS) is 12.9. The van der Waals surface area contributed by atoms with Crippen LogP contribution >= 0.6 is 11.3 Å². The van der Waals surface area contributed by atoms with Crippen LogP contribution in [0.2, 0.25) is 0 Å². The number of hydrogen-bond donors (Lipinski definition) is 0. The number of rotatable bonds is 3. The Kier molecular flexibility index (Phi) is 4.21. The molecular weight excluding hydrogens is 390 g/mol. The summed E-state index contributed by atoms with van der Waals surface area (Å²) in [6, 6.07) is 10.8. The number of esters is 1. The van der Waals surface area contributed by atoms with Crippen molar-refractivity contribution in [1.82, 2.24) is 14.8 Å². The van der Waals surface area contributed by atoms with Gasteiger partial charge in [0.25, 0.3) is 0 Å². The molecule has 0 bridgehead atoms. The van der Waals surface area contributed by atoms with Crippen molar-refractivity contribution in [3.05, 3.63) is 53.0 Å². The van der Waals surface area contributed by atoms with E-state index in [4.69, 9.17) is 19.2 Å². The van der Waals surface area contributed by atoms with E-state index in [1.807, 2.05) is 31.5 Å². The molecule has 4 heterocycles. The van der Waals surface area contributed by atoms with Gasteiger partial charge in [-0.25, -0.2) is 9.78 Å². The molecule has 0 N–H and O–H groups in total. The van der Waals surface area contributed by atoms with Crippen LogP contribution < -0.4 is 14.2 Å². The van der Waals surface area contributed by atoms with Gasteiger partial charge in [-0.15, -0.1) is 11.3 Å². The lowest BCUT2D eigenvalue weighted by Crippen LogP contribution is -2.16. The zero-order valence-electron chi connectivity index (χ0n) is 15.8.